The standard InChI is InChI=1S/C11H7ClF3N3OS/c12-5-8(19)16-10-18-17-9(20-10)6-2-1-3-7(4-6)11(13,14)15/h1-4H,5H2,(H,16,18,19). The average molecular weight is 322 g/mol. The van der Waals surface area contributed by atoms with Crippen molar-refractivity contribution in [3.8, 4) is 10.6 Å². The van der Waals surface area contributed by atoms with Crippen LogP contribution in [0.15, 0.2) is 24.3 Å². The fourth-order valence-electron chi connectivity index (χ4n) is 1.37. The van der Waals surface area contributed by atoms with E-state index in [4.69, 9.17) is 11.6 Å². The van der Waals surface area contributed by atoms with E-state index in [-0.39, 0.29) is 21.6 Å². The summed E-state index contributed by atoms with van der Waals surface area (Å²) in [5.74, 6) is -0.697. The summed E-state index contributed by atoms with van der Waals surface area (Å²) in [6, 6.07) is 4.73. The SMILES string of the molecule is O=C(CCl)Nc1nnc(-c2cccc(C(F)(F)F)c2)s1. The third-order valence-electron chi connectivity index (χ3n) is 2.23. The number of aromatic nitrogens is 2. The molecule has 0 saturated carbocycles. The van der Waals surface area contributed by atoms with E-state index in [0.29, 0.717) is 0 Å². The molecule has 1 heterocycles. The van der Waals surface area contributed by atoms with Crippen molar-refractivity contribution in [1.82, 2.24) is 10.2 Å². The lowest BCUT2D eigenvalue weighted by molar-refractivity contribution is -0.137. The van der Waals surface area contributed by atoms with Crippen molar-refractivity contribution in [1.29, 1.82) is 0 Å². The third-order valence-corrected chi connectivity index (χ3v) is 3.36. The fraction of sp³-hybridized carbons (Fsp3) is 0.182. The molecule has 20 heavy (non-hydrogen) atoms. The summed E-state index contributed by atoms with van der Waals surface area (Å²) in [7, 11) is 0. The van der Waals surface area contributed by atoms with Gasteiger partial charge in [0.25, 0.3) is 0 Å². The highest BCUT2D eigenvalue weighted by Crippen LogP contribution is 2.33. The van der Waals surface area contributed by atoms with Crippen LogP contribution in [0.25, 0.3) is 10.6 Å². The van der Waals surface area contributed by atoms with E-state index in [1.165, 1.54) is 12.1 Å². The number of benzene rings is 1. The molecule has 0 aliphatic rings. The van der Waals surface area contributed by atoms with E-state index in [1.807, 2.05) is 0 Å². The number of anilines is 1. The highest BCUT2D eigenvalue weighted by molar-refractivity contribution is 7.18. The smallest absolute Gasteiger partial charge is 0.299 e. The predicted molar refractivity (Wildman–Crippen MR) is 69.7 cm³/mol. The van der Waals surface area contributed by atoms with Gasteiger partial charge in [-0.2, -0.15) is 13.2 Å². The molecule has 2 rings (SSSR count). The second kappa shape index (κ2) is 5.76. The van der Waals surface area contributed by atoms with Gasteiger partial charge in [0.05, 0.1) is 5.56 Å². The van der Waals surface area contributed by atoms with Gasteiger partial charge in [-0.25, -0.2) is 0 Å². The Morgan fingerprint density at radius 2 is 2.10 bits per heavy atom. The zero-order valence-corrected chi connectivity index (χ0v) is 11.3. The molecule has 4 nitrogen and oxygen atoms in total. The van der Waals surface area contributed by atoms with Gasteiger partial charge >= 0.3 is 6.18 Å². The van der Waals surface area contributed by atoms with Crippen LogP contribution in [-0.2, 0) is 11.0 Å². The minimum absolute atomic E-state index is 0.183. The molecule has 1 amide bonds. The molecule has 2 aromatic rings. The summed E-state index contributed by atoms with van der Waals surface area (Å²) in [5, 5.41) is 10.2. The number of alkyl halides is 4. The van der Waals surface area contributed by atoms with Crippen molar-refractivity contribution in [2.75, 3.05) is 11.2 Å². The van der Waals surface area contributed by atoms with Gasteiger partial charge in [0.15, 0.2) is 0 Å². The largest absolute Gasteiger partial charge is 0.416 e. The van der Waals surface area contributed by atoms with Gasteiger partial charge in [0, 0.05) is 5.56 Å². The topological polar surface area (TPSA) is 54.9 Å². The highest BCUT2D eigenvalue weighted by Gasteiger charge is 2.30. The number of hydrogen-bond donors (Lipinski definition) is 1. The molecule has 9 heteroatoms. The Labute approximate surface area is 120 Å². The van der Waals surface area contributed by atoms with Crippen LogP contribution in [0, 0.1) is 0 Å². The van der Waals surface area contributed by atoms with E-state index in [0.717, 1.165) is 23.5 Å². The predicted octanol–water partition coefficient (Wildman–Crippen LogP) is 3.40. The lowest BCUT2D eigenvalue weighted by Crippen LogP contribution is -2.12. The van der Waals surface area contributed by atoms with Gasteiger partial charge < -0.3 is 0 Å². The molecule has 0 atom stereocenters. The number of carbonyl (C=O) groups is 1. The van der Waals surface area contributed by atoms with Gasteiger partial charge in [-0.05, 0) is 12.1 Å². The summed E-state index contributed by atoms with van der Waals surface area (Å²) in [5.41, 5.74) is -0.486. The summed E-state index contributed by atoms with van der Waals surface area (Å²) >= 11 is 6.28. The van der Waals surface area contributed by atoms with E-state index in [2.05, 4.69) is 15.5 Å². The van der Waals surface area contributed by atoms with E-state index in [1.54, 1.807) is 0 Å². The van der Waals surface area contributed by atoms with Crippen LogP contribution >= 0.6 is 22.9 Å². The van der Waals surface area contributed by atoms with Gasteiger partial charge in [-0.1, -0.05) is 23.5 Å². The first-order chi connectivity index (χ1) is 9.40. The monoisotopic (exact) mass is 321 g/mol. The zero-order chi connectivity index (χ0) is 14.8. The number of halogens is 4. The number of amides is 1. The van der Waals surface area contributed by atoms with Crippen LogP contribution < -0.4 is 5.32 Å². The third kappa shape index (κ3) is 3.45. The number of nitrogens with zero attached hydrogens (tertiary/aromatic N) is 2. The van der Waals surface area contributed by atoms with Crippen LogP contribution in [0.5, 0.6) is 0 Å². The van der Waals surface area contributed by atoms with Crippen LogP contribution in [0.2, 0.25) is 0 Å². The first kappa shape index (κ1) is 14.7. The van der Waals surface area contributed by atoms with Gasteiger partial charge in [-0.3, -0.25) is 10.1 Å². The summed E-state index contributed by atoms with van der Waals surface area (Å²) < 4.78 is 37.8. The Hall–Kier alpha value is -1.67. The molecule has 0 aliphatic carbocycles. The minimum Gasteiger partial charge on any atom is -0.299 e. The molecule has 0 fully saturated rings. The minimum atomic E-state index is -4.42. The number of hydrogen-bond acceptors (Lipinski definition) is 4. The van der Waals surface area contributed by atoms with Gasteiger partial charge in [0.2, 0.25) is 11.0 Å². The molecule has 106 valence electrons. The van der Waals surface area contributed by atoms with Crippen molar-refractivity contribution >= 4 is 34.0 Å². The number of carbonyl (C=O) groups excluding carboxylic acids is 1. The van der Waals surface area contributed by atoms with Gasteiger partial charge in [0.1, 0.15) is 10.9 Å². The normalized spacial score (nSPS) is 11.4. The maximum atomic E-state index is 12.6. The lowest BCUT2D eigenvalue weighted by Gasteiger charge is -2.06. The average Bonchev–Trinajstić information content (AvgIpc) is 2.86. The highest BCUT2D eigenvalue weighted by atomic mass is 35.5. The van der Waals surface area contributed by atoms with Crippen LogP contribution in [-0.4, -0.2) is 22.0 Å². The quantitative estimate of drug-likeness (QED) is 0.881. The molecule has 1 N–H and O–H groups in total. The molecule has 0 aliphatic heterocycles. The fourth-order valence-corrected chi connectivity index (χ4v) is 2.19. The van der Waals surface area contributed by atoms with Crippen molar-refractivity contribution < 1.29 is 18.0 Å². The lowest BCUT2D eigenvalue weighted by atomic mass is 10.1. The molecular weight excluding hydrogens is 315 g/mol. The van der Waals surface area contributed by atoms with Crippen molar-refractivity contribution in [2.45, 2.75) is 6.18 Å². The second-order valence-corrected chi connectivity index (χ2v) is 4.92. The maximum Gasteiger partial charge on any atom is 0.416 e. The van der Waals surface area contributed by atoms with Crippen molar-refractivity contribution in [3.05, 3.63) is 29.8 Å². The Morgan fingerprint density at radius 1 is 1.35 bits per heavy atom. The summed E-state index contributed by atoms with van der Waals surface area (Å²) in [4.78, 5) is 11.1. The number of nitrogens with one attached hydrogen (secondary N) is 1. The van der Waals surface area contributed by atoms with Crippen LogP contribution in [0.1, 0.15) is 5.56 Å². The molecule has 1 aromatic carbocycles. The molecule has 0 unspecified atom stereocenters. The molecular formula is C11H7ClF3N3OS. The number of rotatable bonds is 3. The van der Waals surface area contributed by atoms with E-state index >= 15 is 0 Å². The van der Waals surface area contributed by atoms with Crippen LogP contribution in [0.3, 0.4) is 0 Å². The molecule has 0 spiro atoms. The Bertz CT molecular complexity index is 629. The maximum absolute atomic E-state index is 12.6. The Kier molecular flexibility index (Phi) is 4.24. The molecule has 0 saturated heterocycles. The van der Waals surface area contributed by atoms with E-state index in [9.17, 15) is 18.0 Å². The Balaban J connectivity index is 2.26. The van der Waals surface area contributed by atoms with Gasteiger partial charge in [-0.15, -0.1) is 21.8 Å². The first-order valence-corrected chi connectivity index (χ1v) is 6.62. The van der Waals surface area contributed by atoms with Crippen LogP contribution in [0.4, 0.5) is 18.3 Å². The molecule has 1 aromatic heterocycles. The first-order valence-electron chi connectivity index (χ1n) is 5.27. The molecule has 0 radical (unpaired) electrons. The summed E-state index contributed by atoms with van der Waals surface area (Å²) in [6.45, 7) is 0. The molecule has 0 bridgehead atoms. The van der Waals surface area contributed by atoms with Crippen molar-refractivity contribution in [2.24, 2.45) is 0 Å². The summed E-state index contributed by atoms with van der Waals surface area (Å²) in [6.07, 6.45) is -4.42. The second-order valence-electron chi connectivity index (χ2n) is 3.67. The zero-order valence-electron chi connectivity index (χ0n) is 9.74. The van der Waals surface area contributed by atoms with E-state index < -0.39 is 17.6 Å². The van der Waals surface area contributed by atoms with Crippen molar-refractivity contribution in [3.63, 3.8) is 0 Å². The Morgan fingerprint density at radius 3 is 2.75 bits per heavy atom.